The van der Waals surface area contributed by atoms with Gasteiger partial charge in [0.1, 0.15) is 12.8 Å². The molecule has 1 aliphatic heterocycles. The predicted octanol–water partition coefficient (Wildman–Crippen LogP) is 1.85. The van der Waals surface area contributed by atoms with Gasteiger partial charge < -0.3 is 14.4 Å². The summed E-state index contributed by atoms with van der Waals surface area (Å²) in [6, 6.07) is 0.596. The van der Waals surface area contributed by atoms with Crippen LogP contribution >= 0.6 is 0 Å². The molecule has 1 unspecified atom stereocenters. The number of carbonyl (C=O) groups is 2. The molecular formula is C13H25NO4Si. The Hall–Kier alpha value is -0.883. The summed E-state index contributed by atoms with van der Waals surface area (Å²) in [5, 5.41) is 0. The molecule has 1 heterocycles. The van der Waals surface area contributed by atoms with E-state index in [2.05, 4.69) is 19.6 Å². The molecule has 0 aromatic carbocycles. The van der Waals surface area contributed by atoms with Crippen molar-refractivity contribution in [1.82, 2.24) is 4.90 Å². The molecule has 6 heteroatoms. The molecule has 1 amide bonds. The Bertz CT molecular complexity index is 327. The zero-order valence-electron chi connectivity index (χ0n) is 12.4. The number of carbonyl (C=O) groups excluding carboxylic acids is 2. The maximum atomic E-state index is 11.7. The van der Waals surface area contributed by atoms with Crippen LogP contribution in [-0.2, 0) is 19.1 Å². The van der Waals surface area contributed by atoms with Gasteiger partial charge in [-0.2, -0.15) is 0 Å². The van der Waals surface area contributed by atoms with Crippen molar-refractivity contribution in [3.05, 3.63) is 0 Å². The van der Waals surface area contributed by atoms with Crippen molar-refractivity contribution in [2.45, 2.75) is 51.5 Å². The third-order valence-electron chi connectivity index (χ3n) is 3.11. The molecule has 0 spiro atoms. The highest BCUT2D eigenvalue weighted by Crippen LogP contribution is 2.20. The summed E-state index contributed by atoms with van der Waals surface area (Å²) in [6.45, 7) is 9.79. The third-order valence-corrected chi connectivity index (χ3v) is 4.82. The van der Waals surface area contributed by atoms with Gasteiger partial charge in [0.15, 0.2) is 0 Å². The van der Waals surface area contributed by atoms with E-state index < -0.39 is 14.1 Å². The molecule has 0 radical (unpaired) electrons. The van der Waals surface area contributed by atoms with Crippen molar-refractivity contribution in [2.24, 2.45) is 0 Å². The summed E-state index contributed by atoms with van der Waals surface area (Å²) >= 11 is 0. The molecule has 1 aliphatic rings. The molecule has 0 N–H and O–H groups in total. The Labute approximate surface area is 116 Å². The maximum absolute atomic E-state index is 11.7. The van der Waals surface area contributed by atoms with Gasteiger partial charge in [-0.3, -0.25) is 4.79 Å². The number of likely N-dealkylation sites (tertiary alicyclic amines) is 1. The molecule has 0 aromatic rings. The quantitative estimate of drug-likeness (QED) is 0.407. The lowest BCUT2D eigenvalue weighted by Crippen LogP contribution is -2.41. The number of amides is 1. The highest BCUT2D eigenvalue weighted by molar-refractivity contribution is 6.76. The second-order valence-electron chi connectivity index (χ2n) is 6.02. The zero-order valence-corrected chi connectivity index (χ0v) is 13.4. The molecule has 0 aliphatic carbocycles. The highest BCUT2D eigenvalue weighted by Gasteiger charge is 2.37. The first-order valence-corrected chi connectivity index (χ1v) is 10.6. The lowest BCUT2D eigenvalue weighted by Gasteiger charge is -2.24. The molecule has 5 nitrogen and oxygen atoms in total. The van der Waals surface area contributed by atoms with Crippen molar-refractivity contribution in [2.75, 3.05) is 19.9 Å². The van der Waals surface area contributed by atoms with Crippen LogP contribution in [0.5, 0.6) is 0 Å². The Kier molecular flexibility index (Phi) is 6.00. The molecule has 1 fully saturated rings. The van der Waals surface area contributed by atoms with Gasteiger partial charge in [0.05, 0.1) is 6.61 Å². The first-order valence-electron chi connectivity index (χ1n) is 6.89. The Morgan fingerprint density at radius 2 is 2.11 bits per heavy atom. The number of hydrogen-bond acceptors (Lipinski definition) is 4. The molecule has 1 atom stereocenters. The van der Waals surface area contributed by atoms with Gasteiger partial charge >= 0.3 is 5.97 Å². The second-order valence-corrected chi connectivity index (χ2v) is 11.6. The van der Waals surface area contributed by atoms with E-state index in [9.17, 15) is 9.59 Å². The van der Waals surface area contributed by atoms with Gasteiger partial charge in [-0.15, -0.1) is 0 Å². The largest absolute Gasteiger partial charge is 0.464 e. The number of hydrogen-bond donors (Lipinski definition) is 0. The van der Waals surface area contributed by atoms with Crippen molar-refractivity contribution < 1.29 is 19.1 Å². The van der Waals surface area contributed by atoms with Gasteiger partial charge in [-0.05, 0) is 19.4 Å². The van der Waals surface area contributed by atoms with E-state index in [1.807, 2.05) is 0 Å². The first-order chi connectivity index (χ1) is 8.85. The lowest BCUT2D eigenvalue weighted by molar-refractivity contribution is -0.154. The fourth-order valence-corrected chi connectivity index (χ4v) is 2.68. The van der Waals surface area contributed by atoms with Gasteiger partial charge in [-0.25, -0.2) is 4.79 Å². The fourth-order valence-electron chi connectivity index (χ4n) is 1.92. The highest BCUT2D eigenvalue weighted by atomic mass is 28.3. The summed E-state index contributed by atoms with van der Waals surface area (Å²) < 4.78 is 10.5. The SMILES string of the molecule is CCOC(=O)C1CCC(=O)N1COCC[Si](C)(C)C. The van der Waals surface area contributed by atoms with Crippen LogP contribution in [0.4, 0.5) is 0 Å². The average molecular weight is 287 g/mol. The van der Waals surface area contributed by atoms with E-state index >= 15 is 0 Å². The summed E-state index contributed by atoms with van der Waals surface area (Å²) in [6.07, 6.45) is 0.940. The van der Waals surface area contributed by atoms with Gasteiger partial charge in [0.2, 0.25) is 5.91 Å². The first kappa shape index (κ1) is 16.2. The molecule has 110 valence electrons. The minimum atomic E-state index is -1.12. The molecule has 0 saturated carbocycles. The van der Waals surface area contributed by atoms with Crippen LogP contribution in [0.3, 0.4) is 0 Å². The van der Waals surface area contributed by atoms with E-state index in [-0.39, 0.29) is 18.6 Å². The monoisotopic (exact) mass is 287 g/mol. The zero-order chi connectivity index (χ0) is 14.5. The fraction of sp³-hybridized carbons (Fsp3) is 0.846. The standard InChI is InChI=1S/C13H25NO4Si/c1-5-18-13(16)11-6-7-12(15)14(11)10-17-8-9-19(2,3)4/h11H,5-10H2,1-4H3. The Balaban J connectivity index is 2.40. The Morgan fingerprint density at radius 1 is 1.42 bits per heavy atom. The maximum Gasteiger partial charge on any atom is 0.328 e. The van der Waals surface area contributed by atoms with Crippen LogP contribution in [0.15, 0.2) is 0 Å². The summed E-state index contributed by atoms with van der Waals surface area (Å²) in [5.74, 6) is -0.340. The third kappa shape index (κ3) is 5.32. The van der Waals surface area contributed by atoms with E-state index in [1.165, 1.54) is 4.90 Å². The van der Waals surface area contributed by atoms with Crippen LogP contribution in [0, 0.1) is 0 Å². The van der Waals surface area contributed by atoms with Gasteiger partial charge in [-0.1, -0.05) is 19.6 Å². The van der Waals surface area contributed by atoms with Crippen molar-refractivity contribution in [1.29, 1.82) is 0 Å². The second kappa shape index (κ2) is 7.05. The van der Waals surface area contributed by atoms with Crippen LogP contribution < -0.4 is 0 Å². The smallest absolute Gasteiger partial charge is 0.328 e. The molecular weight excluding hydrogens is 262 g/mol. The average Bonchev–Trinajstić information content (AvgIpc) is 2.65. The Morgan fingerprint density at radius 3 is 2.68 bits per heavy atom. The lowest BCUT2D eigenvalue weighted by atomic mass is 10.2. The van der Waals surface area contributed by atoms with Crippen molar-refractivity contribution in [3.8, 4) is 0 Å². The van der Waals surface area contributed by atoms with E-state index in [0.29, 0.717) is 26.1 Å². The molecule has 0 bridgehead atoms. The van der Waals surface area contributed by atoms with Gasteiger partial charge in [0, 0.05) is 21.1 Å². The minimum Gasteiger partial charge on any atom is -0.464 e. The molecule has 19 heavy (non-hydrogen) atoms. The summed E-state index contributed by atoms with van der Waals surface area (Å²) in [4.78, 5) is 25.0. The van der Waals surface area contributed by atoms with Crippen LogP contribution in [-0.4, -0.2) is 50.8 Å². The predicted molar refractivity (Wildman–Crippen MR) is 75.5 cm³/mol. The normalized spacial score (nSPS) is 19.9. The number of esters is 1. The number of rotatable bonds is 7. The van der Waals surface area contributed by atoms with E-state index in [4.69, 9.17) is 9.47 Å². The van der Waals surface area contributed by atoms with Gasteiger partial charge in [0.25, 0.3) is 0 Å². The van der Waals surface area contributed by atoms with Crippen molar-refractivity contribution in [3.63, 3.8) is 0 Å². The molecule has 1 rings (SSSR count). The number of ether oxygens (including phenoxy) is 2. The van der Waals surface area contributed by atoms with E-state index in [1.54, 1.807) is 6.92 Å². The van der Waals surface area contributed by atoms with Crippen LogP contribution in [0.1, 0.15) is 19.8 Å². The molecule has 1 saturated heterocycles. The summed E-state index contributed by atoms with van der Waals surface area (Å²) in [5.41, 5.74) is 0. The summed E-state index contributed by atoms with van der Waals surface area (Å²) in [7, 11) is -1.12. The topological polar surface area (TPSA) is 55.8 Å². The number of nitrogens with zero attached hydrogens (tertiary/aromatic N) is 1. The van der Waals surface area contributed by atoms with Crippen LogP contribution in [0.25, 0.3) is 0 Å². The van der Waals surface area contributed by atoms with Crippen molar-refractivity contribution >= 4 is 20.0 Å². The van der Waals surface area contributed by atoms with Crippen LogP contribution in [0.2, 0.25) is 25.7 Å². The van der Waals surface area contributed by atoms with E-state index in [0.717, 1.165) is 6.04 Å². The minimum absolute atomic E-state index is 0.0222. The molecule has 0 aromatic heterocycles.